The van der Waals surface area contributed by atoms with Crippen molar-refractivity contribution in [3.05, 3.63) is 94.0 Å². The summed E-state index contributed by atoms with van der Waals surface area (Å²) in [5.41, 5.74) is 2.03. The molecule has 0 radical (unpaired) electrons. The maximum Gasteiger partial charge on any atom is 0.343 e. The first-order chi connectivity index (χ1) is 13.8. The Morgan fingerprint density at radius 1 is 1.03 bits per heavy atom. The van der Waals surface area contributed by atoms with Crippen molar-refractivity contribution in [2.45, 2.75) is 11.8 Å². The molecule has 0 aliphatic carbocycles. The van der Waals surface area contributed by atoms with Crippen molar-refractivity contribution in [1.29, 1.82) is 0 Å². The van der Waals surface area contributed by atoms with Crippen molar-refractivity contribution in [3.8, 4) is 5.75 Å². The first kappa shape index (κ1) is 20.8. The number of sulfonamides is 1. The second kappa shape index (κ2) is 9.02. The van der Waals surface area contributed by atoms with Crippen LogP contribution >= 0.6 is 15.9 Å². The fraction of sp³-hybridized carbons (Fsp3) is 0.0476. The Kier molecular flexibility index (Phi) is 6.46. The number of carbonyl (C=O) groups is 1. The molecule has 0 saturated heterocycles. The number of benzene rings is 3. The molecule has 0 bridgehead atoms. The predicted molar refractivity (Wildman–Crippen MR) is 115 cm³/mol. The molecule has 3 rings (SSSR count). The second-order valence-corrected chi connectivity index (χ2v) is 8.71. The molecule has 29 heavy (non-hydrogen) atoms. The van der Waals surface area contributed by atoms with Gasteiger partial charge < -0.3 is 4.74 Å². The lowest BCUT2D eigenvalue weighted by Crippen LogP contribution is -2.18. The normalized spacial score (nSPS) is 11.4. The Morgan fingerprint density at radius 2 is 1.72 bits per heavy atom. The van der Waals surface area contributed by atoms with Gasteiger partial charge in [-0.25, -0.2) is 9.63 Å². The molecule has 148 valence electrons. The SMILES string of the molecule is Cc1ccc(S(=O)(=O)NN=Cc2ccc(OC(=O)c3cccc(Br)c3)cc2)cc1. The number of hydrogen-bond acceptors (Lipinski definition) is 5. The minimum atomic E-state index is -3.73. The number of hydrazone groups is 1. The molecule has 3 aromatic carbocycles. The number of rotatable bonds is 6. The lowest BCUT2D eigenvalue weighted by Gasteiger charge is -2.05. The summed E-state index contributed by atoms with van der Waals surface area (Å²) >= 11 is 3.31. The molecule has 1 N–H and O–H groups in total. The van der Waals surface area contributed by atoms with Crippen LogP contribution in [0.15, 0.2) is 87.3 Å². The molecule has 8 heteroatoms. The van der Waals surface area contributed by atoms with E-state index in [1.807, 2.05) is 13.0 Å². The molecule has 0 atom stereocenters. The van der Waals surface area contributed by atoms with E-state index in [-0.39, 0.29) is 4.90 Å². The first-order valence-electron chi connectivity index (χ1n) is 8.53. The van der Waals surface area contributed by atoms with Crippen LogP contribution in [0.2, 0.25) is 0 Å². The van der Waals surface area contributed by atoms with Gasteiger partial charge in [0.1, 0.15) is 5.75 Å². The number of nitrogens with zero attached hydrogens (tertiary/aromatic N) is 1. The molecule has 0 fully saturated rings. The van der Waals surface area contributed by atoms with Crippen LogP contribution in [0.25, 0.3) is 0 Å². The molecule has 0 aliphatic rings. The predicted octanol–water partition coefficient (Wildman–Crippen LogP) is 4.29. The number of ether oxygens (including phenoxy) is 1. The van der Waals surface area contributed by atoms with Gasteiger partial charge in [0.05, 0.1) is 16.7 Å². The molecular weight excluding hydrogens is 456 g/mol. The number of carbonyl (C=O) groups excluding carboxylic acids is 1. The summed E-state index contributed by atoms with van der Waals surface area (Å²) in [7, 11) is -3.73. The number of nitrogens with one attached hydrogen (secondary N) is 1. The highest BCUT2D eigenvalue weighted by Gasteiger charge is 2.12. The summed E-state index contributed by atoms with van der Waals surface area (Å²) in [4.78, 5) is 14.4. The average molecular weight is 473 g/mol. The van der Waals surface area contributed by atoms with Crippen LogP contribution in [0.1, 0.15) is 21.5 Å². The molecule has 3 aromatic rings. The quantitative estimate of drug-likeness (QED) is 0.251. The van der Waals surface area contributed by atoms with Crippen molar-refractivity contribution < 1.29 is 17.9 Å². The van der Waals surface area contributed by atoms with Crippen molar-refractivity contribution in [2.24, 2.45) is 5.10 Å². The molecule has 0 unspecified atom stereocenters. The maximum atomic E-state index is 12.2. The van der Waals surface area contributed by atoms with Crippen LogP contribution in [-0.4, -0.2) is 20.6 Å². The van der Waals surface area contributed by atoms with Gasteiger partial charge in [-0.05, 0) is 67.1 Å². The van der Waals surface area contributed by atoms with Crippen LogP contribution < -0.4 is 9.57 Å². The molecular formula is C21H17BrN2O4S. The highest BCUT2D eigenvalue weighted by atomic mass is 79.9. The second-order valence-electron chi connectivity index (χ2n) is 6.13. The Balaban J connectivity index is 1.61. The number of aryl methyl sites for hydroxylation is 1. The third kappa shape index (κ3) is 5.75. The summed E-state index contributed by atoms with van der Waals surface area (Å²) in [6.07, 6.45) is 1.37. The topological polar surface area (TPSA) is 84.8 Å². The van der Waals surface area contributed by atoms with Gasteiger partial charge in [0.2, 0.25) is 0 Å². The van der Waals surface area contributed by atoms with E-state index in [1.54, 1.807) is 54.6 Å². The lowest BCUT2D eigenvalue weighted by atomic mass is 10.2. The van der Waals surface area contributed by atoms with E-state index in [9.17, 15) is 13.2 Å². The minimum absolute atomic E-state index is 0.134. The van der Waals surface area contributed by atoms with Crippen LogP contribution in [0.5, 0.6) is 5.75 Å². The van der Waals surface area contributed by atoms with Gasteiger partial charge in [-0.1, -0.05) is 39.7 Å². The standard InChI is InChI=1S/C21H17BrN2O4S/c1-15-5-11-20(12-6-15)29(26,27)24-23-14-16-7-9-19(10-8-16)28-21(25)17-3-2-4-18(22)13-17/h2-14,24H,1H3. The van der Waals surface area contributed by atoms with Crippen LogP contribution in [0.4, 0.5) is 0 Å². The van der Waals surface area contributed by atoms with E-state index in [0.717, 1.165) is 10.0 Å². The fourth-order valence-electron chi connectivity index (χ4n) is 2.34. The Labute approximate surface area is 177 Å². The third-order valence-electron chi connectivity index (χ3n) is 3.87. The first-order valence-corrected chi connectivity index (χ1v) is 10.8. The molecule has 0 aliphatic heterocycles. The highest BCUT2D eigenvalue weighted by Crippen LogP contribution is 2.16. The Hall–Kier alpha value is -2.97. The Morgan fingerprint density at radius 3 is 2.38 bits per heavy atom. The van der Waals surface area contributed by atoms with Crippen molar-refractivity contribution >= 4 is 38.1 Å². The molecule has 0 aromatic heterocycles. The zero-order valence-electron chi connectivity index (χ0n) is 15.4. The van der Waals surface area contributed by atoms with Crippen molar-refractivity contribution in [1.82, 2.24) is 4.83 Å². The highest BCUT2D eigenvalue weighted by molar-refractivity contribution is 9.10. The van der Waals surface area contributed by atoms with Gasteiger partial charge in [0.15, 0.2) is 0 Å². The summed E-state index contributed by atoms with van der Waals surface area (Å²) in [6.45, 7) is 1.88. The monoisotopic (exact) mass is 472 g/mol. The van der Waals surface area contributed by atoms with E-state index >= 15 is 0 Å². The summed E-state index contributed by atoms with van der Waals surface area (Å²) in [6, 6.07) is 19.9. The molecule has 0 saturated carbocycles. The number of hydrogen-bond donors (Lipinski definition) is 1. The van der Waals surface area contributed by atoms with E-state index < -0.39 is 16.0 Å². The van der Waals surface area contributed by atoms with E-state index in [4.69, 9.17) is 4.74 Å². The summed E-state index contributed by atoms with van der Waals surface area (Å²) in [5, 5.41) is 3.78. The van der Waals surface area contributed by atoms with Gasteiger partial charge in [-0.15, -0.1) is 0 Å². The van der Waals surface area contributed by atoms with Crippen LogP contribution in [0.3, 0.4) is 0 Å². The Bertz CT molecular complexity index is 1140. The van der Waals surface area contributed by atoms with Crippen LogP contribution in [0, 0.1) is 6.92 Å². The summed E-state index contributed by atoms with van der Waals surface area (Å²) in [5.74, 6) is -0.106. The smallest absolute Gasteiger partial charge is 0.343 e. The minimum Gasteiger partial charge on any atom is -0.423 e. The third-order valence-corrected chi connectivity index (χ3v) is 5.60. The molecule has 6 nitrogen and oxygen atoms in total. The zero-order chi connectivity index (χ0) is 20.9. The summed E-state index contributed by atoms with van der Waals surface area (Å²) < 4.78 is 30.5. The molecule has 0 amide bonds. The largest absolute Gasteiger partial charge is 0.423 e. The van der Waals surface area contributed by atoms with E-state index in [1.165, 1.54) is 18.3 Å². The van der Waals surface area contributed by atoms with Crippen molar-refractivity contribution in [3.63, 3.8) is 0 Å². The number of esters is 1. The van der Waals surface area contributed by atoms with Gasteiger partial charge >= 0.3 is 5.97 Å². The zero-order valence-corrected chi connectivity index (χ0v) is 17.8. The maximum absolute atomic E-state index is 12.2. The van der Waals surface area contributed by atoms with Gasteiger partial charge in [0.25, 0.3) is 10.0 Å². The number of halogens is 1. The fourth-order valence-corrected chi connectivity index (χ4v) is 3.53. The van der Waals surface area contributed by atoms with Gasteiger partial charge in [-0.2, -0.15) is 13.5 Å². The van der Waals surface area contributed by atoms with Crippen molar-refractivity contribution in [2.75, 3.05) is 0 Å². The van der Waals surface area contributed by atoms with Crippen LogP contribution in [-0.2, 0) is 10.0 Å². The lowest BCUT2D eigenvalue weighted by molar-refractivity contribution is 0.0734. The average Bonchev–Trinajstić information content (AvgIpc) is 2.69. The van der Waals surface area contributed by atoms with Gasteiger partial charge in [0, 0.05) is 4.47 Å². The van der Waals surface area contributed by atoms with E-state index in [0.29, 0.717) is 16.9 Å². The molecule has 0 spiro atoms. The van der Waals surface area contributed by atoms with E-state index in [2.05, 4.69) is 25.9 Å². The molecule has 0 heterocycles. The van der Waals surface area contributed by atoms with Gasteiger partial charge in [-0.3, -0.25) is 0 Å².